The number of nitrogens with one attached hydrogen (secondary N) is 1. The second kappa shape index (κ2) is 7.34. The molecule has 2 nitrogen and oxygen atoms in total. The van der Waals surface area contributed by atoms with Gasteiger partial charge in [0.1, 0.15) is 0 Å². The molecule has 0 bridgehead atoms. The molecule has 0 radical (unpaired) electrons. The molecule has 0 spiro atoms. The average molecular weight is 186 g/mol. The third-order valence-electron chi connectivity index (χ3n) is 2.55. The van der Waals surface area contributed by atoms with E-state index in [0.29, 0.717) is 12.1 Å². The summed E-state index contributed by atoms with van der Waals surface area (Å²) >= 11 is 0. The molecule has 0 heterocycles. The summed E-state index contributed by atoms with van der Waals surface area (Å²) in [5.41, 5.74) is 0. The molecule has 13 heavy (non-hydrogen) atoms. The lowest BCUT2D eigenvalue weighted by Crippen LogP contribution is -2.36. The second-order valence-electron chi connectivity index (χ2n) is 3.97. The van der Waals surface area contributed by atoms with E-state index in [1.807, 2.05) is 0 Å². The van der Waals surface area contributed by atoms with Gasteiger partial charge in [0.2, 0.25) is 0 Å². The van der Waals surface area contributed by atoms with E-state index in [2.05, 4.69) is 44.8 Å². The first-order valence-electron chi connectivity index (χ1n) is 5.59. The van der Waals surface area contributed by atoms with Crippen LogP contribution in [-0.2, 0) is 0 Å². The molecule has 0 aromatic heterocycles. The van der Waals surface area contributed by atoms with Gasteiger partial charge in [-0.15, -0.1) is 0 Å². The lowest BCUT2D eigenvalue weighted by atomic mass is 10.2. The predicted octanol–water partition coefficient (Wildman–Crippen LogP) is 2.10. The van der Waals surface area contributed by atoms with Crippen molar-refractivity contribution in [2.45, 2.75) is 53.1 Å². The van der Waals surface area contributed by atoms with Crippen LogP contribution in [0.1, 0.15) is 41.0 Å². The van der Waals surface area contributed by atoms with Crippen LogP contribution in [0.5, 0.6) is 0 Å². The van der Waals surface area contributed by atoms with Crippen LogP contribution in [0.4, 0.5) is 0 Å². The van der Waals surface area contributed by atoms with Crippen molar-refractivity contribution >= 4 is 0 Å². The van der Waals surface area contributed by atoms with Gasteiger partial charge in [-0.25, -0.2) is 0 Å². The van der Waals surface area contributed by atoms with Crippen LogP contribution in [0.25, 0.3) is 0 Å². The smallest absolute Gasteiger partial charge is 0.00787 e. The SMILES string of the molecule is CCN(CC)C(C)CCNC(C)C. The van der Waals surface area contributed by atoms with Gasteiger partial charge < -0.3 is 10.2 Å². The average Bonchev–Trinajstić information content (AvgIpc) is 2.05. The molecule has 2 heteroatoms. The van der Waals surface area contributed by atoms with Crippen molar-refractivity contribution in [1.29, 1.82) is 0 Å². The first-order chi connectivity index (χ1) is 6.11. The molecule has 0 amide bonds. The summed E-state index contributed by atoms with van der Waals surface area (Å²) < 4.78 is 0. The Morgan fingerprint density at radius 1 is 1.08 bits per heavy atom. The molecule has 80 valence electrons. The monoisotopic (exact) mass is 186 g/mol. The molecule has 0 aliphatic heterocycles. The van der Waals surface area contributed by atoms with Crippen LogP contribution < -0.4 is 5.32 Å². The minimum atomic E-state index is 0.615. The zero-order valence-electron chi connectivity index (χ0n) is 9.93. The summed E-state index contributed by atoms with van der Waals surface area (Å²) in [5, 5.41) is 3.45. The van der Waals surface area contributed by atoms with Crippen molar-refractivity contribution in [3.8, 4) is 0 Å². The maximum Gasteiger partial charge on any atom is 0.00787 e. The van der Waals surface area contributed by atoms with Crippen molar-refractivity contribution in [3.63, 3.8) is 0 Å². The number of nitrogens with zero attached hydrogens (tertiary/aromatic N) is 1. The van der Waals surface area contributed by atoms with E-state index in [1.54, 1.807) is 0 Å². The van der Waals surface area contributed by atoms with Gasteiger partial charge in [0.15, 0.2) is 0 Å². The van der Waals surface area contributed by atoms with E-state index in [4.69, 9.17) is 0 Å². The van der Waals surface area contributed by atoms with E-state index in [1.165, 1.54) is 19.5 Å². The maximum atomic E-state index is 3.45. The van der Waals surface area contributed by atoms with Crippen LogP contribution in [-0.4, -0.2) is 36.6 Å². The van der Waals surface area contributed by atoms with Crippen molar-refractivity contribution in [1.82, 2.24) is 10.2 Å². The van der Waals surface area contributed by atoms with Gasteiger partial charge in [0.25, 0.3) is 0 Å². The van der Waals surface area contributed by atoms with Crippen molar-refractivity contribution in [3.05, 3.63) is 0 Å². The Morgan fingerprint density at radius 2 is 1.62 bits per heavy atom. The molecule has 1 unspecified atom stereocenters. The maximum absolute atomic E-state index is 3.45. The van der Waals surface area contributed by atoms with Crippen molar-refractivity contribution in [2.75, 3.05) is 19.6 Å². The number of rotatable bonds is 7. The van der Waals surface area contributed by atoms with Gasteiger partial charge in [-0.3, -0.25) is 0 Å². The second-order valence-corrected chi connectivity index (χ2v) is 3.97. The lowest BCUT2D eigenvalue weighted by Gasteiger charge is -2.26. The van der Waals surface area contributed by atoms with Crippen LogP contribution in [0.15, 0.2) is 0 Å². The molecule has 1 N–H and O–H groups in total. The molecule has 0 saturated carbocycles. The fourth-order valence-electron chi connectivity index (χ4n) is 1.61. The highest BCUT2D eigenvalue weighted by Crippen LogP contribution is 2.01. The summed E-state index contributed by atoms with van der Waals surface area (Å²) in [5.74, 6) is 0. The molecular weight excluding hydrogens is 160 g/mol. The summed E-state index contributed by atoms with van der Waals surface area (Å²) in [4.78, 5) is 2.50. The van der Waals surface area contributed by atoms with Gasteiger partial charge >= 0.3 is 0 Å². The molecule has 0 aliphatic carbocycles. The molecule has 1 atom stereocenters. The van der Waals surface area contributed by atoms with E-state index >= 15 is 0 Å². The van der Waals surface area contributed by atoms with Gasteiger partial charge in [-0.05, 0) is 33.0 Å². The molecule has 0 rings (SSSR count). The highest BCUT2D eigenvalue weighted by molar-refractivity contribution is 4.66. The molecular formula is C11H26N2. The van der Waals surface area contributed by atoms with E-state index in [0.717, 1.165) is 6.54 Å². The van der Waals surface area contributed by atoms with Crippen LogP contribution >= 0.6 is 0 Å². The zero-order chi connectivity index (χ0) is 10.3. The normalized spacial score (nSPS) is 14.1. The Kier molecular flexibility index (Phi) is 7.29. The third kappa shape index (κ3) is 6.05. The summed E-state index contributed by atoms with van der Waals surface area (Å²) in [6.45, 7) is 14.6. The van der Waals surface area contributed by atoms with Crippen LogP contribution in [0.3, 0.4) is 0 Å². The van der Waals surface area contributed by atoms with E-state index in [9.17, 15) is 0 Å². The Balaban J connectivity index is 3.53. The Labute approximate surface area is 83.7 Å². The van der Waals surface area contributed by atoms with Crippen LogP contribution in [0.2, 0.25) is 0 Å². The van der Waals surface area contributed by atoms with Gasteiger partial charge in [0.05, 0.1) is 0 Å². The topological polar surface area (TPSA) is 15.3 Å². The Hall–Kier alpha value is -0.0800. The molecule has 0 saturated heterocycles. The van der Waals surface area contributed by atoms with E-state index in [-0.39, 0.29) is 0 Å². The number of hydrogen-bond donors (Lipinski definition) is 1. The van der Waals surface area contributed by atoms with Gasteiger partial charge in [-0.1, -0.05) is 27.7 Å². The highest BCUT2D eigenvalue weighted by atomic mass is 15.1. The van der Waals surface area contributed by atoms with Gasteiger partial charge in [0, 0.05) is 12.1 Å². The fraction of sp³-hybridized carbons (Fsp3) is 1.00. The quantitative estimate of drug-likeness (QED) is 0.655. The standard InChI is InChI=1S/C11H26N2/c1-6-13(7-2)11(5)8-9-12-10(3)4/h10-12H,6-9H2,1-5H3. The van der Waals surface area contributed by atoms with Gasteiger partial charge in [-0.2, -0.15) is 0 Å². The summed E-state index contributed by atoms with van der Waals surface area (Å²) in [6.07, 6.45) is 1.25. The van der Waals surface area contributed by atoms with Crippen LogP contribution in [0, 0.1) is 0 Å². The highest BCUT2D eigenvalue weighted by Gasteiger charge is 2.08. The summed E-state index contributed by atoms with van der Waals surface area (Å²) in [7, 11) is 0. The van der Waals surface area contributed by atoms with Crippen molar-refractivity contribution in [2.24, 2.45) is 0 Å². The Morgan fingerprint density at radius 3 is 2.00 bits per heavy atom. The fourth-order valence-corrected chi connectivity index (χ4v) is 1.61. The van der Waals surface area contributed by atoms with E-state index < -0.39 is 0 Å². The first kappa shape index (κ1) is 12.9. The Bertz CT molecular complexity index is 109. The largest absolute Gasteiger partial charge is 0.314 e. The molecule has 0 aromatic carbocycles. The molecule has 0 fully saturated rings. The minimum absolute atomic E-state index is 0.615. The minimum Gasteiger partial charge on any atom is -0.314 e. The first-order valence-corrected chi connectivity index (χ1v) is 5.59. The molecule has 0 aliphatic rings. The molecule has 0 aromatic rings. The van der Waals surface area contributed by atoms with Crippen molar-refractivity contribution < 1.29 is 0 Å². The third-order valence-corrected chi connectivity index (χ3v) is 2.55. The predicted molar refractivity (Wildman–Crippen MR) is 60.1 cm³/mol. The number of hydrogen-bond acceptors (Lipinski definition) is 2. The summed E-state index contributed by atoms with van der Waals surface area (Å²) in [6, 6.07) is 1.32. The lowest BCUT2D eigenvalue weighted by molar-refractivity contribution is 0.219. The zero-order valence-corrected chi connectivity index (χ0v) is 9.93.